The molecular weight excluding hydrogens is 250 g/mol. The normalized spacial score (nSPS) is 14.6. The van der Waals surface area contributed by atoms with Crippen LogP contribution in [0, 0.1) is 11.3 Å². The monoisotopic (exact) mass is 271 g/mol. The van der Waals surface area contributed by atoms with Crippen molar-refractivity contribution < 1.29 is 0 Å². The van der Waals surface area contributed by atoms with Crippen molar-refractivity contribution in [3.05, 3.63) is 28.5 Å². The number of nitrogens with one attached hydrogen (secondary N) is 2. The summed E-state index contributed by atoms with van der Waals surface area (Å²) in [6, 6.07) is 2.28. The second-order valence-corrected chi connectivity index (χ2v) is 4.84. The number of rotatable bonds is 5. The van der Waals surface area contributed by atoms with Crippen molar-refractivity contribution in [1.29, 1.82) is 5.26 Å². The van der Waals surface area contributed by atoms with Crippen LogP contribution < -0.4 is 10.6 Å². The Labute approximate surface area is 120 Å². The lowest BCUT2D eigenvalue weighted by atomic mass is 10.0. The van der Waals surface area contributed by atoms with Gasteiger partial charge in [-0.15, -0.1) is 5.10 Å². The van der Waals surface area contributed by atoms with Crippen molar-refractivity contribution in [1.82, 2.24) is 15.5 Å². The van der Waals surface area contributed by atoms with E-state index in [1.54, 1.807) is 0 Å². The maximum Gasteiger partial charge on any atom is 0.167 e. The van der Waals surface area contributed by atoms with Crippen LogP contribution in [0.25, 0.3) is 0 Å². The summed E-state index contributed by atoms with van der Waals surface area (Å²) in [7, 11) is 0. The first-order valence-electron chi connectivity index (χ1n) is 7.21. The lowest BCUT2D eigenvalue weighted by molar-refractivity contribution is 0.697. The zero-order valence-electron chi connectivity index (χ0n) is 12.2. The van der Waals surface area contributed by atoms with Crippen LogP contribution in [0.3, 0.4) is 0 Å². The van der Waals surface area contributed by atoms with Gasteiger partial charge in [-0.2, -0.15) is 10.4 Å². The van der Waals surface area contributed by atoms with Gasteiger partial charge < -0.3 is 10.6 Å². The standard InChI is InChI=1S/C15H21N5/c1-3-12-13(9-16)15(20-19-14(12)4-2)18-10-11-5-7-17-8-6-11/h5,17H,3-4,6-8,10H2,1-2H3,(H,18,20). The van der Waals surface area contributed by atoms with Crippen LogP contribution in [0.5, 0.6) is 0 Å². The third-order valence-electron chi connectivity index (χ3n) is 3.60. The van der Waals surface area contributed by atoms with Crippen molar-refractivity contribution in [2.45, 2.75) is 33.1 Å². The zero-order chi connectivity index (χ0) is 14.4. The summed E-state index contributed by atoms with van der Waals surface area (Å²) in [5, 5.41) is 24.4. The van der Waals surface area contributed by atoms with E-state index in [4.69, 9.17) is 0 Å². The number of aryl methyl sites for hydroxylation is 1. The molecule has 0 aliphatic carbocycles. The molecule has 5 nitrogen and oxygen atoms in total. The van der Waals surface area contributed by atoms with Crippen LogP contribution in [-0.2, 0) is 12.8 Å². The maximum absolute atomic E-state index is 9.40. The molecule has 0 spiro atoms. The summed E-state index contributed by atoms with van der Waals surface area (Å²) in [6.07, 6.45) is 4.85. The van der Waals surface area contributed by atoms with E-state index in [-0.39, 0.29) is 0 Å². The molecule has 0 bridgehead atoms. The number of hydrogen-bond acceptors (Lipinski definition) is 5. The Morgan fingerprint density at radius 2 is 2.20 bits per heavy atom. The first kappa shape index (κ1) is 14.5. The summed E-state index contributed by atoms with van der Waals surface area (Å²) in [5.41, 5.74) is 3.95. The van der Waals surface area contributed by atoms with E-state index >= 15 is 0 Å². The second kappa shape index (κ2) is 7.01. The second-order valence-electron chi connectivity index (χ2n) is 4.84. The quantitative estimate of drug-likeness (QED) is 0.799. The molecular formula is C15H21N5. The lowest BCUT2D eigenvalue weighted by Crippen LogP contribution is -2.23. The summed E-state index contributed by atoms with van der Waals surface area (Å²) < 4.78 is 0. The molecule has 0 saturated carbocycles. The Bertz CT molecular complexity index is 542. The van der Waals surface area contributed by atoms with Crippen LogP contribution >= 0.6 is 0 Å². The van der Waals surface area contributed by atoms with Crippen molar-refractivity contribution in [2.24, 2.45) is 0 Å². The van der Waals surface area contributed by atoms with Gasteiger partial charge in [-0.25, -0.2) is 0 Å². The van der Waals surface area contributed by atoms with Crippen molar-refractivity contribution in [3.8, 4) is 6.07 Å². The van der Waals surface area contributed by atoms with Crippen molar-refractivity contribution in [2.75, 3.05) is 25.0 Å². The highest BCUT2D eigenvalue weighted by molar-refractivity contribution is 5.57. The van der Waals surface area contributed by atoms with E-state index in [9.17, 15) is 5.26 Å². The predicted molar refractivity (Wildman–Crippen MR) is 79.6 cm³/mol. The summed E-state index contributed by atoms with van der Waals surface area (Å²) in [5.74, 6) is 0.612. The van der Waals surface area contributed by atoms with Crippen LogP contribution in [-0.4, -0.2) is 29.8 Å². The highest BCUT2D eigenvalue weighted by atomic mass is 15.2. The molecule has 5 heteroatoms. The van der Waals surface area contributed by atoms with Crippen molar-refractivity contribution in [3.63, 3.8) is 0 Å². The summed E-state index contributed by atoms with van der Waals surface area (Å²) in [4.78, 5) is 0. The fraction of sp³-hybridized carbons (Fsp3) is 0.533. The van der Waals surface area contributed by atoms with Gasteiger partial charge in [-0.05, 0) is 31.4 Å². The third-order valence-corrected chi connectivity index (χ3v) is 3.60. The molecule has 1 aromatic rings. The number of hydrogen-bond donors (Lipinski definition) is 2. The first-order chi connectivity index (χ1) is 9.80. The van der Waals surface area contributed by atoms with Gasteiger partial charge in [0.1, 0.15) is 11.6 Å². The van der Waals surface area contributed by atoms with Crippen molar-refractivity contribution >= 4 is 5.82 Å². The molecule has 0 amide bonds. The van der Waals surface area contributed by atoms with Gasteiger partial charge in [0.2, 0.25) is 0 Å². The van der Waals surface area contributed by atoms with Crippen LogP contribution in [0.15, 0.2) is 11.6 Å². The molecule has 0 atom stereocenters. The first-order valence-corrected chi connectivity index (χ1v) is 7.21. The molecule has 0 fully saturated rings. The fourth-order valence-electron chi connectivity index (χ4n) is 2.44. The molecule has 20 heavy (non-hydrogen) atoms. The summed E-state index contributed by atoms with van der Waals surface area (Å²) >= 11 is 0. The summed E-state index contributed by atoms with van der Waals surface area (Å²) in [6.45, 7) is 6.76. The van der Waals surface area contributed by atoms with Gasteiger partial charge in [-0.3, -0.25) is 0 Å². The largest absolute Gasteiger partial charge is 0.364 e. The molecule has 0 unspecified atom stereocenters. The molecule has 0 saturated heterocycles. The number of anilines is 1. The number of nitriles is 1. The van der Waals surface area contributed by atoms with Crippen LogP contribution in [0.4, 0.5) is 5.82 Å². The minimum absolute atomic E-state index is 0.612. The van der Waals surface area contributed by atoms with Gasteiger partial charge in [0.25, 0.3) is 0 Å². The molecule has 1 aliphatic rings. The Balaban J connectivity index is 2.19. The third kappa shape index (κ3) is 3.14. The van der Waals surface area contributed by atoms with Gasteiger partial charge in [0.05, 0.1) is 5.69 Å². The average Bonchev–Trinajstić information content (AvgIpc) is 2.52. The molecule has 2 heterocycles. The minimum atomic E-state index is 0.612. The Morgan fingerprint density at radius 3 is 2.80 bits per heavy atom. The molecule has 2 N–H and O–H groups in total. The van der Waals surface area contributed by atoms with E-state index in [1.807, 2.05) is 6.92 Å². The van der Waals surface area contributed by atoms with Crippen LogP contribution in [0.2, 0.25) is 0 Å². The topological polar surface area (TPSA) is 73.6 Å². The highest BCUT2D eigenvalue weighted by Crippen LogP contribution is 2.20. The maximum atomic E-state index is 9.40. The lowest BCUT2D eigenvalue weighted by Gasteiger charge is -2.16. The van der Waals surface area contributed by atoms with E-state index in [0.717, 1.165) is 50.2 Å². The Kier molecular flexibility index (Phi) is 5.08. The van der Waals surface area contributed by atoms with Gasteiger partial charge in [-0.1, -0.05) is 25.5 Å². The SMILES string of the molecule is CCc1nnc(NCC2=CCNCC2)c(C#N)c1CC. The fourth-order valence-corrected chi connectivity index (χ4v) is 2.44. The van der Waals surface area contributed by atoms with Crippen LogP contribution in [0.1, 0.15) is 37.1 Å². The molecule has 0 aromatic carbocycles. The molecule has 0 radical (unpaired) electrons. The number of aromatic nitrogens is 2. The van der Waals surface area contributed by atoms with Gasteiger partial charge in [0.15, 0.2) is 5.82 Å². The Morgan fingerprint density at radius 1 is 1.35 bits per heavy atom. The predicted octanol–water partition coefficient (Wildman–Crippen LogP) is 1.80. The molecule has 106 valence electrons. The average molecular weight is 271 g/mol. The molecule has 1 aromatic heterocycles. The van der Waals surface area contributed by atoms with E-state index in [2.05, 4.69) is 39.9 Å². The van der Waals surface area contributed by atoms with E-state index in [0.29, 0.717) is 11.4 Å². The van der Waals surface area contributed by atoms with E-state index < -0.39 is 0 Å². The van der Waals surface area contributed by atoms with Gasteiger partial charge in [0, 0.05) is 13.1 Å². The molecule has 1 aliphatic heterocycles. The molecule has 2 rings (SSSR count). The van der Waals surface area contributed by atoms with E-state index in [1.165, 1.54) is 5.57 Å². The smallest absolute Gasteiger partial charge is 0.167 e. The van der Waals surface area contributed by atoms with Gasteiger partial charge >= 0.3 is 0 Å². The Hall–Kier alpha value is -1.93. The number of nitrogens with zero attached hydrogens (tertiary/aromatic N) is 3. The minimum Gasteiger partial charge on any atom is -0.364 e. The highest BCUT2D eigenvalue weighted by Gasteiger charge is 2.14. The zero-order valence-corrected chi connectivity index (χ0v) is 12.2.